The highest BCUT2D eigenvalue weighted by atomic mass is 79.9. The molecule has 0 saturated carbocycles. The van der Waals surface area contributed by atoms with Gasteiger partial charge in [-0.2, -0.15) is 0 Å². The molecule has 88 valence electrons. The number of rotatable bonds is 3. The van der Waals surface area contributed by atoms with E-state index in [0.29, 0.717) is 0 Å². The van der Waals surface area contributed by atoms with Gasteiger partial charge in [-0.3, -0.25) is 9.69 Å². The molecule has 0 amide bonds. The summed E-state index contributed by atoms with van der Waals surface area (Å²) in [7, 11) is 0. The van der Waals surface area contributed by atoms with Crippen LogP contribution in [0.3, 0.4) is 0 Å². The summed E-state index contributed by atoms with van der Waals surface area (Å²) in [6, 6.07) is 1.71. The summed E-state index contributed by atoms with van der Waals surface area (Å²) in [4.78, 5) is 14.4. The molecule has 2 rings (SSSR count). The molecular formula is C11H14BrNO2S. The summed E-state index contributed by atoms with van der Waals surface area (Å²) in [6.07, 6.45) is 2.91. The van der Waals surface area contributed by atoms with Crippen LogP contribution >= 0.6 is 27.3 Å². The van der Waals surface area contributed by atoms with Crippen LogP contribution in [0.15, 0.2) is 15.9 Å². The molecule has 1 N–H and O–H groups in total. The summed E-state index contributed by atoms with van der Waals surface area (Å²) in [5.74, 6) is -0.688. The molecule has 0 aromatic carbocycles. The zero-order chi connectivity index (χ0) is 11.5. The fraction of sp³-hybridized carbons (Fsp3) is 0.545. The molecule has 0 radical (unpaired) electrons. The number of piperidine rings is 1. The summed E-state index contributed by atoms with van der Waals surface area (Å²) < 4.78 is 1.09. The van der Waals surface area contributed by atoms with E-state index in [2.05, 4.69) is 20.8 Å². The van der Waals surface area contributed by atoms with E-state index in [-0.39, 0.29) is 6.04 Å². The third kappa shape index (κ3) is 2.64. The lowest BCUT2D eigenvalue weighted by Crippen LogP contribution is -2.43. The Hall–Kier alpha value is -0.390. The van der Waals surface area contributed by atoms with Gasteiger partial charge in [-0.15, -0.1) is 11.3 Å². The van der Waals surface area contributed by atoms with Crippen LogP contribution in [0.4, 0.5) is 0 Å². The van der Waals surface area contributed by atoms with Gasteiger partial charge in [-0.25, -0.2) is 0 Å². The molecule has 0 aliphatic carbocycles. The van der Waals surface area contributed by atoms with Crippen molar-refractivity contribution in [3.05, 3.63) is 20.8 Å². The zero-order valence-corrected chi connectivity index (χ0v) is 11.3. The first-order valence-corrected chi connectivity index (χ1v) is 7.04. The highest BCUT2D eigenvalue weighted by Crippen LogP contribution is 2.27. The predicted octanol–water partition coefficient (Wildman–Crippen LogP) is 2.95. The van der Waals surface area contributed by atoms with Gasteiger partial charge in [0.25, 0.3) is 0 Å². The fourth-order valence-electron chi connectivity index (χ4n) is 2.08. The fourth-order valence-corrected chi connectivity index (χ4v) is 3.58. The van der Waals surface area contributed by atoms with Crippen LogP contribution in [-0.4, -0.2) is 28.6 Å². The molecule has 1 aromatic rings. The number of thiophene rings is 1. The van der Waals surface area contributed by atoms with Crippen molar-refractivity contribution in [2.75, 3.05) is 6.54 Å². The van der Waals surface area contributed by atoms with Gasteiger partial charge in [-0.1, -0.05) is 6.42 Å². The molecule has 1 aliphatic heterocycles. The van der Waals surface area contributed by atoms with E-state index in [1.54, 1.807) is 11.3 Å². The van der Waals surface area contributed by atoms with Crippen LogP contribution in [0.2, 0.25) is 0 Å². The number of aliphatic carboxylic acids is 1. The summed E-state index contributed by atoms with van der Waals surface area (Å²) in [5.41, 5.74) is 0. The van der Waals surface area contributed by atoms with Crippen LogP contribution in [0.1, 0.15) is 24.1 Å². The molecule has 0 unspecified atom stereocenters. The molecular weight excluding hydrogens is 290 g/mol. The van der Waals surface area contributed by atoms with Crippen molar-refractivity contribution in [1.29, 1.82) is 0 Å². The molecule has 1 aromatic heterocycles. The number of hydrogen-bond acceptors (Lipinski definition) is 3. The minimum atomic E-state index is -0.688. The SMILES string of the molecule is O=C(O)[C@H]1CCCCN1Cc1sccc1Br. The number of carboxylic acids is 1. The summed E-state index contributed by atoms with van der Waals surface area (Å²) in [6.45, 7) is 1.64. The number of hydrogen-bond donors (Lipinski definition) is 1. The number of carboxylic acid groups (broad SMARTS) is 1. The smallest absolute Gasteiger partial charge is 0.320 e. The van der Waals surface area contributed by atoms with Crippen molar-refractivity contribution in [3.63, 3.8) is 0 Å². The minimum Gasteiger partial charge on any atom is -0.480 e. The van der Waals surface area contributed by atoms with Crippen molar-refractivity contribution in [3.8, 4) is 0 Å². The van der Waals surface area contributed by atoms with Crippen LogP contribution in [0, 0.1) is 0 Å². The van der Waals surface area contributed by atoms with Crippen molar-refractivity contribution < 1.29 is 9.90 Å². The third-order valence-electron chi connectivity index (χ3n) is 2.94. The topological polar surface area (TPSA) is 40.5 Å². The molecule has 1 aliphatic rings. The molecule has 1 atom stereocenters. The monoisotopic (exact) mass is 303 g/mol. The van der Waals surface area contributed by atoms with E-state index in [0.717, 1.165) is 36.8 Å². The third-order valence-corrected chi connectivity index (χ3v) is 4.85. The number of nitrogens with zero attached hydrogens (tertiary/aromatic N) is 1. The summed E-state index contributed by atoms with van der Waals surface area (Å²) in [5, 5.41) is 11.2. The second-order valence-corrected chi connectivity index (χ2v) is 5.87. The second-order valence-electron chi connectivity index (χ2n) is 4.01. The lowest BCUT2D eigenvalue weighted by molar-refractivity contribution is -0.144. The first-order chi connectivity index (χ1) is 7.68. The quantitative estimate of drug-likeness (QED) is 0.933. The summed E-state index contributed by atoms with van der Waals surface area (Å²) >= 11 is 5.16. The Labute approximate surface area is 107 Å². The molecule has 1 fully saturated rings. The molecule has 1 saturated heterocycles. The minimum absolute atomic E-state index is 0.303. The second kappa shape index (κ2) is 5.29. The van der Waals surface area contributed by atoms with Crippen molar-refractivity contribution >= 4 is 33.2 Å². The van der Waals surface area contributed by atoms with E-state index in [4.69, 9.17) is 5.11 Å². The lowest BCUT2D eigenvalue weighted by Gasteiger charge is -2.32. The molecule has 0 spiro atoms. The van der Waals surface area contributed by atoms with Gasteiger partial charge in [0.05, 0.1) is 0 Å². The van der Waals surface area contributed by atoms with Gasteiger partial charge in [0.2, 0.25) is 0 Å². The Bertz CT molecular complexity index is 380. The average molecular weight is 304 g/mol. The number of halogens is 1. The molecule has 16 heavy (non-hydrogen) atoms. The largest absolute Gasteiger partial charge is 0.480 e. The zero-order valence-electron chi connectivity index (χ0n) is 8.86. The van der Waals surface area contributed by atoms with Gasteiger partial charge >= 0.3 is 5.97 Å². The predicted molar refractivity (Wildman–Crippen MR) is 67.7 cm³/mol. The average Bonchev–Trinajstić information content (AvgIpc) is 2.65. The first kappa shape index (κ1) is 12.1. The van der Waals surface area contributed by atoms with Gasteiger partial charge in [0.15, 0.2) is 0 Å². The van der Waals surface area contributed by atoms with E-state index < -0.39 is 5.97 Å². The Balaban J connectivity index is 2.07. The van der Waals surface area contributed by atoms with E-state index in [1.807, 2.05) is 11.4 Å². The maximum atomic E-state index is 11.1. The molecule has 2 heterocycles. The Morgan fingerprint density at radius 1 is 1.62 bits per heavy atom. The molecule has 0 bridgehead atoms. The highest BCUT2D eigenvalue weighted by Gasteiger charge is 2.28. The Kier molecular flexibility index (Phi) is 4.00. The Morgan fingerprint density at radius 3 is 3.06 bits per heavy atom. The van der Waals surface area contributed by atoms with Gasteiger partial charge in [0.1, 0.15) is 6.04 Å². The number of carbonyl (C=O) groups is 1. The maximum Gasteiger partial charge on any atom is 0.320 e. The first-order valence-electron chi connectivity index (χ1n) is 5.37. The van der Waals surface area contributed by atoms with Gasteiger partial charge in [-0.05, 0) is 46.8 Å². The standard InChI is InChI=1S/C11H14BrNO2S/c12-8-4-6-16-10(8)7-13-5-2-1-3-9(13)11(14)15/h4,6,9H,1-3,5,7H2,(H,14,15)/t9-/m1/s1. The lowest BCUT2D eigenvalue weighted by atomic mass is 10.0. The van der Waals surface area contributed by atoms with Crippen LogP contribution < -0.4 is 0 Å². The van der Waals surface area contributed by atoms with Gasteiger partial charge < -0.3 is 5.11 Å². The highest BCUT2D eigenvalue weighted by molar-refractivity contribution is 9.10. The van der Waals surface area contributed by atoms with E-state index in [9.17, 15) is 4.79 Å². The number of likely N-dealkylation sites (tertiary alicyclic amines) is 1. The normalized spacial score (nSPS) is 22.2. The van der Waals surface area contributed by atoms with E-state index in [1.165, 1.54) is 4.88 Å². The van der Waals surface area contributed by atoms with Crippen molar-refractivity contribution in [2.45, 2.75) is 31.8 Å². The van der Waals surface area contributed by atoms with Crippen molar-refractivity contribution in [1.82, 2.24) is 4.90 Å². The van der Waals surface area contributed by atoms with E-state index >= 15 is 0 Å². The van der Waals surface area contributed by atoms with Gasteiger partial charge in [0, 0.05) is 15.9 Å². The maximum absolute atomic E-state index is 11.1. The van der Waals surface area contributed by atoms with Crippen LogP contribution in [-0.2, 0) is 11.3 Å². The van der Waals surface area contributed by atoms with Crippen molar-refractivity contribution in [2.24, 2.45) is 0 Å². The molecule has 5 heteroatoms. The van der Waals surface area contributed by atoms with Crippen LogP contribution in [0.25, 0.3) is 0 Å². The molecule has 3 nitrogen and oxygen atoms in total. The van der Waals surface area contributed by atoms with Crippen LogP contribution in [0.5, 0.6) is 0 Å². The Morgan fingerprint density at radius 2 is 2.44 bits per heavy atom.